The fraction of sp³-hybridized carbons (Fsp3) is 0.875. The van der Waals surface area contributed by atoms with E-state index in [1.54, 1.807) is 7.05 Å². The summed E-state index contributed by atoms with van der Waals surface area (Å²) in [6, 6.07) is 0.189. The van der Waals surface area contributed by atoms with Crippen LogP contribution in [0.4, 0.5) is 4.79 Å². The minimum absolute atomic E-state index is 0.166. The van der Waals surface area contributed by atoms with Crippen LogP contribution < -0.4 is 21.7 Å². The van der Waals surface area contributed by atoms with Gasteiger partial charge in [0, 0.05) is 13.1 Å². The fourth-order valence-electron chi connectivity index (χ4n) is 1.59. The minimum atomic E-state index is -0.166. The maximum atomic E-state index is 11.1. The molecule has 0 aromatic carbocycles. The summed E-state index contributed by atoms with van der Waals surface area (Å²) >= 11 is 0. The van der Waals surface area contributed by atoms with Gasteiger partial charge in [-0.05, 0) is 12.8 Å². The molecule has 0 atom stereocenters. The molecule has 0 radical (unpaired) electrons. The normalized spacial score (nSPS) is 18.2. The van der Waals surface area contributed by atoms with Crippen LogP contribution in [0, 0.1) is 0 Å². The molecule has 1 fully saturated rings. The first-order chi connectivity index (χ1) is 6.33. The maximum Gasteiger partial charge on any atom is 0.330 e. The SMILES string of the molecule is CNNNC(=O)NC1CCCCC1. The Morgan fingerprint density at radius 1 is 1.23 bits per heavy atom. The van der Waals surface area contributed by atoms with Crippen molar-refractivity contribution in [3.8, 4) is 0 Å². The summed E-state index contributed by atoms with van der Waals surface area (Å²) in [4.78, 5) is 11.1. The minimum Gasteiger partial charge on any atom is -0.334 e. The number of urea groups is 1. The summed E-state index contributed by atoms with van der Waals surface area (Å²) in [5.41, 5.74) is 7.61. The second-order valence-corrected chi connectivity index (χ2v) is 3.31. The van der Waals surface area contributed by atoms with E-state index in [2.05, 4.69) is 21.7 Å². The molecule has 0 aromatic rings. The summed E-state index contributed by atoms with van der Waals surface area (Å²) < 4.78 is 0. The molecule has 0 spiro atoms. The third-order valence-electron chi connectivity index (χ3n) is 2.24. The van der Waals surface area contributed by atoms with E-state index in [1.807, 2.05) is 0 Å². The van der Waals surface area contributed by atoms with Gasteiger partial charge in [-0.3, -0.25) is 5.43 Å². The third kappa shape index (κ3) is 4.10. The van der Waals surface area contributed by atoms with Crippen molar-refractivity contribution in [3.63, 3.8) is 0 Å². The van der Waals surface area contributed by atoms with Gasteiger partial charge in [-0.15, -0.1) is 0 Å². The zero-order valence-corrected chi connectivity index (χ0v) is 8.02. The van der Waals surface area contributed by atoms with Crippen LogP contribution in [0.2, 0.25) is 0 Å². The molecule has 1 aliphatic carbocycles. The first-order valence-electron chi connectivity index (χ1n) is 4.81. The third-order valence-corrected chi connectivity index (χ3v) is 2.24. The van der Waals surface area contributed by atoms with E-state index in [-0.39, 0.29) is 6.03 Å². The van der Waals surface area contributed by atoms with Crippen molar-refractivity contribution in [3.05, 3.63) is 0 Å². The van der Waals surface area contributed by atoms with E-state index in [4.69, 9.17) is 0 Å². The lowest BCUT2D eigenvalue weighted by Crippen LogP contribution is -2.51. The van der Waals surface area contributed by atoms with Gasteiger partial charge in [0.2, 0.25) is 0 Å². The van der Waals surface area contributed by atoms with Crippen LogP contribution in [0.25, 0.3) is 0 Å². The summed E-state index contributed by atoms with van der Waals surface area (Å²) in [5.74, 6) is 0. The van der Waals surface area contributed by atoms with Crippen molar-refractivity contribution in [2.24, 2.45) is 0 Å². The summed E-state index contributed by atoms with van der Waals surface area (Å²) in [7, 11) is 1.70. The van der Waals surface area contributed by atoms with Crippen LogP contribution in [-0.4, -0.2) is 19.1 Å². The van der Waals surface area contributed by atoms with Crippen molar-refractivity contribution < 1.29 is 4.79 Å². The van der Waals surface area contributed by atoms with Crippen LogP contribution in [0.15, 0.2) is 0 Å². The Balaban J connectivity index is 2.11. The predicted molar refractivity (Wildman–Crippen MR) is 50.7 cm³/mol. The van der Waals surface area contributed by atoms with Crippen molar-refractivity contribution in [2.45, 2.75) is 38.1 Å². The smallest absolute Gasteiger partial charge is 0.330 e. The molecule has 4 N–H and O–H groups in total. The highest BCUT2D eigenvalue weighted by molar-refractivity contribution is 5.73. The van der Waals surface area contributed by atoms with Crippen LogP contribution in [-0.2, 0) is 0 Å². The Bertz CT molecular complexity index is 156. The zero-order valence-electron chi connectivity index (χ0n) is 8.02. The van der Waals surface area contributed by atoms with Gasteiger partial charge in [0.25, 0.3) is 0 Å². The van der Waals surface area contributed by atoms with Gasteiger partial charge < -0.3 is 5.32 Å². The molecule has 5 nitrogen and oxygen atoms in total. The average molecular weight is 186 g/mol. The second-order valence-electron chi connectivity index (χ2n) is 3.31. The molecule has 0 saturated heterocycles. The van der Waals surface area contributed by atoms with Gasteiger partial charge >= 0.3 is 6.03 Å². The number of rotatable bonds is 3. The first kappa shape index (κ1) is 10.3. The zero-order chi connectivity index (χ0) is 9.52. The van der Waals surface area contributed by atoms with Gasteiger partial charge in [0.15, 0.2) is 0 Å². The molecule has 0 aliphatic heterocycles. The number of hydrogen-bond donors (Lipinski definition) is 4. The van der Waals surface area contributed by atoms with E-state index in [0.717, 1.165) is 12.8 Å². The standard InChI is InChI=1S/C8H18N4O/c1-9-12-11-8(13)10-7-5-3-2-4-6-7/h7,9,12H,2-6H2,1H3,(H2,10,11,13). The Morgan fingerprint density at radius 3 is 2.54 bits per heavy atom. The van der Waals surface area contributed by atoms with Crippen molar-refractivity contribution in [1.29, 1.82) is 0 Å². The molecule has 5 heteroatoms. The molecule has 1 rings (SSSR count). The highest BCUT2D eigenvalue weighted by Crippen LogP contribution is 2.16. The molecular formula is C8H18N4O. The van der Waals surface area contributed by atoms with Crippen molar-refractivity contribution in [2.75, 3.05) is 7.05 Å². The first-order valence-corrected chi connectivity index (χ1v) is 4.81. The molecule has 0 aromatic heterocycles. The number of nitrogens with one attached hydrogen (secondary N) is 4. The number of carbonyl (C=O) groups is 1. The van der Waals surface area contributed by atoms with Crippen LogP contribution >= 0.6 is 0 Å². The Kier molecular flexibility index (Phi) is 4.56. The van der Waals surface area contributed by atoms with Gasteiger partial charge in [-0.1, -0.05) is 19.3 Å². The molecule has 13 heavy (non-hydrogen) atoms. The number of carbonyl (C=O) groups excluding carboxylic acids is 1. The lowest BCUT2D eigenvalue weighted by atomic mass is 9.96. The highest BCUT2D eigenvalue weighted by atomic mass is 16.2. The topological polar surface area (TPSA) is 65.2 Å². The van der Waals surface area contributed by atoms with Gasteiger partial charge in [-0.25, -0.2) is 10.2 Å². The quantitative estimate of drug-likeness (QED) is 0.478. The highest BCUT2D eigenvalue weighted by Gasteiger charge is 2.14. The van der Waals surface area contributed by atoms with E-state index in [0.29, 0.717) is 6.04 Å². The Hall–Kier alpha value is -0.810. The van der Waals surface area contributed by atoms with E-state index in [9.17, 15) is 4.79 Å². The molecule has 0 unspecified atom stereocenters. The lowest BCUT2D eigenvalue weighted by molar-refractivity contribution is 0.226. The van der Waals surface area contributed by atoms with Gasteiger partial charge in [0.1, 0.15) is 0 Å². The fourth-order valence-corrected chi connectivity index (χ4v) is 1.59. The Morgan fingerprint density at radius 2 is 1.92 bits per heavy atom. The van der Waals surface area contributed by atoms with E-state index >= 15 is 0 Å². The molecular weight excluding hydrogens is 168 g/mol. The van der Waals surface area contributed by atoms with Crippen molar-refractivity contribution in [1.82, 2.24) is 21.7 Å². The van der Waals surface area contributed by atoms with Crippen LogP contribution in [0.3, 0.4) is 0 Å². The monoisotopic (exact) mass is 186 g/mol. The average Bonchev–Trinajstić information content (AvgIpc) is 2.16. The Labute approximate surface area is 78.6 Å². The molecule has 2 amide bonds. The number of amides is 2. The second kappa shape index (κ2) is 5.77. The van der Waals surface area contributed by atoms with E-state index < -0.39 is 0 Å². The number of hydrazine groups is 2. The maximum absolute atomic E-state index is 11.1. The molecule has 76 valence electrons. The molecule has 0 heterocycles. The summed E-state index contributed by atoms with van der Waals surface area (Å²) in [6.07, 6.45) is 5.96. The predicted octanol–water partition coefficient (Wildman–Crippen LogP) is 0.257. The summed E-state index contributed by atoms with van der Waals surface area (Å²) in [5, 5.41) is 2.90. The van der Waals surface area contributed by atoms with Crippen LogP contribution in [0.5, 0.6) is 0 Å². The lowest BCUT2D eigenvalue weighted by Gasteiger charge is -2.22. The van der Waals surface area contributed by atoms with Crippen LogP contribution in [0.1, 0.15) is 32.1 Å². The largest absolute Gasteiger partial charge is 0.334 e. The summed E-state index contributed by atoms with van der Waals surface area (Å²) in [6.45, 7) is 0. The number of hydrogen-bond acceptors (Lipinski definition) is 3. The van der Waals surface area contributed by atoms with Gasteiger partial charge in [0.05, 0.1) is 0 Å². The van der Waals surface area contributed by atoms with E-state index in [1.165, 1.54) is 19.3 Å². The molecule has 0 bridgehead atoms. The van der Waals surface area contributed by atoms with Gasteiger partial charge in [-0.2, -0.15) is 5.53 Å². The molecule has 1 saturated carbocycles. The van der Waals surface area contributed by atoms with Crippen molar-refractivity contribution >= 4 is 6.03 Å². The molecule has 1 aliphatic rings.